The highest BCUT2D eigenvalue weighted by atomic mass is 16.3. The highest BCUT2D eigenvalue weighted by Gasteiger charge is 2.19. The molecule has 0 fully saturated rings. The molecule has 0 bridgehead atoms. The fraction of sp³-hybridized carbons (Fsp3) is 0. The molecule has 0 atom stereocenters. The molecule has 2 aromatic heterocycles. The molecular formula is C66H44N2O. The molecule has 0 aliphatic carbocycles. The van der Waals surface area contributed by atoms with Crippen LogP contribution in [0, 0.1) is 0 Å². The van der Waals surface area contributed by atoms with Crippen LogP contribution in [0.5, 0.6) is 0 Å². The van der Waals surface area contributed by atoms with Gasteiger partial charge in [0.2, 0.25) is 0 Å². The first kappa shape index (κ1) is 40.1. The van der Waals surface area contributed by atoms with E-state index in [1.165, 1.54) is 60.8 Å². The highest BCUT2D eigenvalue weighted by Crippen LogP contribution is 2.44. The van der Waals surface area contributed by atoms with Crippen LogP contribution in [-0.4, -0.2) is 4.57 Å². The van der Waals surface area contributed by atoms with Crippen LogP contribution < -0.4 is 4.90 Å². The minimum atomic E-state index is 0.893. The molecule has 0 saturated heterocycles. The van der Waals surface area contributed by atoms with Gasteiger partial charge in [-0.1, -0.05) is 188 Å². The van der Waals surface area contributed by atoms with Crippen molar-refractivity contribution in [3.63, 3.8) is 0 Å². The van der Waals surface area contributed by atoms with Gasteiger partial charge in [-0.05, 0) is 134 Å². The molecule has 0 unspecified atom stereocenters. The van der Waals surface area contributed by atoms with Gasteiger partial charge in [0.15, 0.2) is 0 Å². The summed E-state index contributed by atoms with van der Waals surface area (Å²) < 4.78 is 8.66. The molecule has 13 rings (SSSR count). The summed E-state index contributed by atoms with van der Waals surface area (Å²) in [6.45, 7) is 0. The summed E-state index contributed by atoms with van der Waals surface area (Å²) in [6.07, 6.45) is 0. The number of rotatable bonds is 9. The Balaban J connectivity index is 0.893. The lowest BCUT2D eigenvalue weighted by atomic mass is 9.87. The van der Waals surface area contributed by atoms with Crippen molar-refractivity contribution < 1.29 is 4.42 Å². The minimum Gasteiger partial charge on any atom is -0.456 e. The van der Waals surface area contributed by atoms with Gasteiger partial charge in [0.25, 0.3) is 0 Å². The Morgan fingerprint density at radius 3 is 1.22 bits per heavy atom. The van der Waals surface area contributed by atoms with Gasteiger partial charge in [0.1, 0.15) is 11.2 Å². The maximum absolute atomic E-state index is 6.29. The Morgan fingerprint density at radius 1 is 0.261 bits per heavy atom. The normalized spacial score (nSPS) is 11.5. The van der Waals surface area contributed by atoms with Gasteiger partial charge in [-0.25, -0.2) is 0 Å². The van der Waals surface area contributed by atoms with E-state index >= 15 is 0 Å². The van der Waals surface area contributed by atoms with E-state index in [-0.39, 0.29) is 0 Å². The molecule has 0 saturated carbocycles. The quantitative estimate of drug-likeness (QED) is 0.144. The molecule has 13 aromatic rings. The van der Waals surface area contributed by atoms with Gasteiger partial charge in [-0.3, -0.25) is 0 Å². The average molecular weight is 881 g/mol. The molecule has 0 radical (unpaired) electrons. The first-order chi connectivity index (χ1) is 34.2. The zero-order valence-corrected chi connectivity index (χ0v) is 37.7. The van der Waals surface area contributed by atoms with Crippen molar-refractivity contribution in [1.29, 1.82) is 0 Å². The van der Waals surface area contributed by atoms with Crippen molar-refractivity contribution in [2.24, 2.45) is 0 Å². The van der Waals surface area contributed by atoms with Crippen LogP contribution >= 0.6 is 0 Å². The maximum atomic E-state index is 6.29. The number of benzene rings is 11. The van der Waals surface area contributed by atoms with E-state index in [4.69, 9.17) is 4.42 Å². The summed E-state index contributed by atoms with van der Waals surface area (Å²) in [6, 6.07) is 96.1. The fourth-order valence-electron chi connectivity index (χ4n) is 10.4. The zero-order valence-electron chi connectivity index (χ0n) is 37.7. The molecule has 3 heteroatoms. The predicted octanol–water partition coefficient (Wildman–Crippen LogP) is 18.5. The second-order valence-corrected chi connectivity index (χ2v) is 17.6. The largest absolute Gasteiger partial charge is 0.456 e. The number of para-hydroxylation sites is 3. The molecule has 0 N–H and O–H groups in total. The Bertz CT molecular complexity index is 3940. The van der Waals surface area contributed by atoms with E-state index in [0.717, 1.165) is 61.4 Å². The van der Waals surface area contributed by atoms with E-state index in [0.29, 0.717) is 0 Å². The number of furan rings is 1. The standard InChI is InChI=1S/C66H44N2O/c1-2-16-46(17-3-1)53-18-4-6-20-55(53)57-22-8-9-23-58(57)56-21-7-5-19-54(56)47-32-37-50(38-33-47)67(49-35-30-45(31-36-49)48-34-43-62-61-26-12-15-29-65(61)69-66(62)44-48)51-39-41-52(42-40-51)68-63-27-13-10-24-59(63)60-25-11-14-28-64(60)68/h1-44H. The lowest BCUT2D eigenvalue weighted by Crippen LogP contribution is -2.10. The SMILES string of the molecule is c1ccc(-c2ccccc2-c2ccccc2-c2ccccc2-c2ccc(N(c3ccc(-c4ccc5c(c4)oc4ccccc45)cc3)c3ccc(-n4c5ccccc5c5ccccc54)cc3)cc2)cc1. The zero-order chi connectivity index (χ0) is 45.7. The van der Waals surface area contributed by atoms with Crippen LogP contribution in [0.15, 0.2) is 271 Å². The monoisotopic (exact) mass is 880 g/mol. The van der Waals surface area contributed by atoms with E-state index in [1.807, 2.05) is 12.1 Å². The van der Waals surface area contributed by atoms with Crippen molar-refractivity contribution in [3.05, 3.63) is 267 Å². The molecule has 2 heterocycles. The summed E-state index contributed by atoms with van der Waals surface area (Å²) in [5, 5.41) is 4.77. The topological polar surface area (TPSA) is 21.3 Å². The molecule has 0 aliphatic rings. The van der Waals surface area contributed by atoms with Gasteiger partial charge in [0.05, 0.1) is 11.0 Å². The highest BCUT2D eigenvalue weighted by molar-refractivity contribution is 6.09. The Labute approximate surface area is 401 Å². The fourth-order valence-corrected chi connectivity index (χ4v) is 10.4. The van der Waals surface area contributed by atoms with E-state index in [2.05, 4.69) is 264 Å². The maximum Gasteiger partial charge on any atom is 0.136 e. The number of anilines is 3. The average Bonchev–Trinajstić information content (AvgIpc) is 3.97. The van der Waals surface area contributed by atoms with Gasteiger partial charge in [-0.15, -0.1) is 0 Å². The Hall–Kier alpha value is -9.18. The third-order valence-corrected chi connectivity index (χ3v) is 13.7. The van der Waals surface area contributed by atoms with Crippen LogP contribution in [0.2, 0.25) is 0 Å². The number of nitrogens with zero attached hydrogens (tertiary/aromatic N) is 2. The number of fused-ring (bicyclic) bond motifs is 6. The first-order valence-corrected chi connectivity index (χ1v) is 23.6. The molecule has 69 heavy (non-hydrogen) atoms. The van der Waals surface area contributed by atoms with Crippen molar-refractivity contribution in [3.8, 4) is 61.3 Å². The number of aromatic nitrogens is 1. The molecule has 0 spiro atoms. The second kappa shape index (κ2) is 16.9. The summed E-state index contributed by atoms with van der Waals surface area (Å²) >= 11 is 0. The van der Waals surface area contributed by atoms with Crippen LogP contribution in [0.25, 0.3) is 105 Å². The van der Waals surface area contributed by atoms with Crippen molar-refractivity contribution >= 4 is 60.8 Å². The van der Waals surface area contributed by atoms with Gasteiger partial charge >= 0.3 is 0 Å². The molecule has 11 aromatic carbocycles. The van der Waals surface area contributed by atoms with Crippen LogP contribution in [0.1, 0.15) is 0 Å². The minimum absolute atomic E-state index is 0.893. The molecule has 3 nitrogen and oxygen atoms in total. The van der Waals surface area contributed by atoms with E-state index < -0.39 is 0 Å². The van der Waals surface area contributed by atoms with Crippen molar-refractivity contribution in [2.75, 3.05) is 4.90 Å². The van der Waals surface area contributed by atoms with Gasteiger partial charge < -0.3 is 13.9 Å². The predicted molar refractivity (Wildman–Crippen MR) is 290 cm³/mol. The summed E-state index contributed by atoms with van der Waals surface area (Å²) in [4.78, 5) is 2.35. The number of hydrogen-bond donors (Lipinski definition) is 0. The van der Waals surface area contributed by atoms with Crippen LogP contribution in [0.3, 0.4) is 0 Å². The number of hydrogen-bond acceptors (Lipinski definition) is 2. The van der Waals surface area contributed by atoms with Gasteiger partial charge in [-0.2, -0.15) is 0 Å². The smallest absolute Gasteiger partial charge is 0.136 e. The van der Waals surface area contributed by atoms with Gasteiger partial charge in [0, 0.05) is 44.3 Å². The van der Waals surface area contributed by atoms with Crippen molar-refractivity contribution in [2.45, 2.75) is 0 Å². The summed E-state index contributed by atoms with van der Waals surface area (Å²) in [5.74, 6) is 0. The molecule has 0 amide bonds. The summed E-state index contributed by atoms with van der Waals surface area (Å²) in [5.41, 5.74) is 20.3. The third kappa shape index (κ3) is 7.08. The second-order valence-electron chi connectivity index (χ2n) is 17.6. The summed E-state index contributed by atoms with van der Waals surface area (Å²) in [7, 11) is 0. The first-order valence-electron chi connectivity index (χ1n) is 23.6. The molecular weight excluding hydrogens is 837 g/mol. The van der Waals surface area contributed by atoms with Crippen LogP contribution in [0.4, 0.5) is 17.1 Å². The lowest BCUT2D eigenvalue weighted by Gasteiger charge is -2.26. The molecule has 0 aliphatic heterocycles. The third-order valence-electron chi connectivity index (χ3n) is 13.7. The lowest BCUT2D eigenvalue weighted by molar-refractivity contribution is 0.669. The van der Waals surface area contributed by atoms with E-state index in [1.54, 1.807) is 0 Å². The van der Waals surface area contributed by atoms with Crippen LogP contribution in [-0.2, 0) is 0 Å². The van der Waals surface area contributed by atoms with E-state index in [9.17, 15) is 0 Å². The Kier molecular flexibility index (Phi) is 9.84. The van der Waals surface area contributed by atoms with Crippen molar-refractivity contribution in [1.82, 2.24) is 4.57 Å². The Morgan fingerprint density at radius 2 is 0.652 bits per heavy atom. The molecule has 324 valence electrons.